The highest BCUT2D eigenvalue weighted by Crippen LogP contribution is 2.41. The lowest BCUT2D eigenvalue weighted by atomic mass is 9.89. The first-order valence-corrected chi connectivity index (χ1v) is 10.6. The van der Waals surface area contributed by atoms with E-state index in [1.165, 1.54) is 28.7 Å². The third-order valence-corrected chi connectivity index (χ3v) is 7.04. The molecule has 2 aromatic heterocycles. The first-order valence-electron chi connectivity index (χ1n) is 9.74. The number of anilines is 2. The molecule has 0 saturated carbocycles. The molecule has 1 fully saturated rings. The molecule has 0 bridgehead atoms. The van der Waals surface area contributed by atoms with Gasteiger partial charge in [0, 0.05) is 31.1 Å². The van der Waals surface area contributed by atoms with E-state index in [4.69, 9.17) is 4.98 Å². The molecule has 1 N–H and O–H groups in total. The number of aromatic hydroxyl groups is 1. The second kappa shape index (κ2) is 6.68. The molecule has 2 aliphatic rings. The van der Waals surface area contributed by atoms with Gasteiger partial charge >= 0.3 is 0 Å². The molecule has 0 spiro atoms. The number of hydrogen-bond acceptors (Lipinski definition) is 6. The summed E-state index contributed by atoms with van der Waals surface area (Å²) in [7, 11) is 0. The molecule has 0 radical (unpaired) electrons. The molecule has 1 aliphatic carbocycles. The zero-order valence-electron chi connectivity index (χ0n) is 15.6. The van der Waals surface area contributed by atoms with E-state index in [-0.39, 0.29) is 0 Å². The van der Waals surface area contributed by atoms with E-state index in [0.29, 0.717) is 5.75 Å². The van der Waals surface area contributed by atoms with Gasteiger partial charge in [-0.1, -0.05) is 19.1 Å². The second-order valence-electron chi connectivity index (χ2n) is 7.69. The van der Waals surface area contributed by atoms with Crippen LogP contribution in [0.15, 0.2) is 30.6 Å². The van der Waals surface area contributed by atoms with Crippen LogP contribution in [0.3, 0.4) is 0 Å². The molecule has 3 aromatic rings. The third-order valence-electron chi connectivity index (χ3n) is 5.87. The SMILES string of the molecule is CC1CCc2c(sc3ncnc(N4CCN(c5ccccc5O)CC4)c23)C1. The summed E-state index contributed by atoms with van der Waals surface area (Å²) in [5.41, 5.74) is 2.42. The maximum absolute atomic E-state index is 10.1. The summed E-state index contributed by atoms with van der Waals surface area (Å²) in [5.74, 6) is 2.23. The van der Waals surface area contributed by atoms with E-state index in [1.807, 2.05) is 29.5 Å². The average Bonchev–Trinajstić information content (AvgIpc) is 3.06. The minimum Gasteiger partial charge on any atom is -0.506 e. The monoisotopic (exact) mass is 380 g/mol. The van der Waals surface area contributed by atoms with Crippen LogP contribution in [-0.2, 0) is 12.8 Å². The fourth-order valence-electron chi connectivity index (χ4n) is 4.39. The van der Waals surface area contributed by atoms with Crippen molar-refractivity contribution in [2.45, 2.75) is 26.2 Å². The van der Waals surface area contributed by atoms with Gasteiger partial charge in [-0.3, -0.25) is 0 Å². The molecule has 3 heterocycles. The number of piperazine rings is 1. The first-order chi connectivity index (χ1) is 13.2. The van der Waals surface area contributed by atoms with Crippen molar-refractivity contribution in [3.63, 3.8) is 0 Å². The summed E-state index contributed by atoms with van der Waals surface area (Å²) in [5, 5.41) is 11.4. The number of nitrogens with zero attached hydrogens (tertiary/aromatic N) is 4. The van der Waals surface area contributed by atoms with Gasteiger partial charge in [0.05, 0.1) is 11.1 Å². The van der Waals surface area contributed by atoms with E-state index in [2.05, 4.69) is 21.7 Å². The van der Waals surface area contributed by atoms with Crippen LogP contribution in [0.25, 0.3) is 10.2 Å². The predicted molar refractivity (Wildman–Crippen MR) is 111 cm³/mol. The summed E-state index contributed by atoms with van der Waals surface area (Å²) >= 11 is 1.86. The van der Waals surface area contributed by atoms with Crippen LogP contribution in [0.1, 0.15) is 23.8 Å². The molecule has 0 amide bonds. The van der Waals surface area contributed by atoms with Crippen LogP contribution in [0.2, 0.25) is 0 Å². The fourth-order valence-corrected chi connectivity index (χ4v) is 5.73. The molecule has 1 saturated heterocycles. The van der Waals surface area contributed by atoms with E-state index in [1.54, 1.807) is 12.4 Å². The van der Waals surface area contributed by atoms with E-state index >= 15 is 0 Å². The Labute approximate surface area is 163 Å². The van der Waals surface area contributed by atoms with Crippen molar-refractivity contribution in [2.75, 3.05) is 36.0 Å². The van der Waals surface area contributed by atoms with Crippen molar-refractivity contribution in [3.8, 4) is 5.75 Å². The Morgan fingerprint density at radius 2 is 1.85 bits per heavy atom. The van der Waals surface area contributed by atoms with Crippen molar-refractivity contribution < 1.29 is 5.11 Å². The molecule has 5 nitrogen and oxygen atoms in total. The van der Waals surface area contributed by atoms with Gasteiger partial charge in [-0.2, -0.15) is 0 Å². The normalized spacial score (nSPS) is 20.1. The smallest absolute Gasteiger partial charge is 0.141 e. The summed E-state index contributed by atoms with van der Waals surface area (Å²) in [6.45, 7) is 5.92. The molecule has 1 atom stereocenters. The lowest BCUT2D eigenvalue weighted by molar-refractivity contribution is 0.472. The van der Waals surface area contributed by atoms with Crippen LogP contribution in [0, 0.1) is 5.92 Å². The highest BCUT2D eigenvalue weighted by molar-refractivity contribution is 7.19. The van der Waals surface area contributed by atoms with Gasteiger partial charge in [0.15, 0.2) is 0 Å². The number of benzene rings is 1. The molecular formula is C21H24N4OS. The van der Waals surface area contributed by atoms with Crippen LogP contribution in [0.4, 0.5) is 11.5 Å². The van der Waals surface area contributed by atoms with Gasteiger partial charge in [-0.25, -0.2) is 9.97 Å². The number of para-hydroxylation sites is 2. The van der Waals surface area contributed by atoms with Crippen LogP contribution in [0.5, 0.6) is 5.75 Å². The van der Waals surface area contributed by atoms with Gasteiger partial charge in [0.25, 0.3) is 0 Å². The Hall–Kier alpha value is -2.34. The molecule has 5 rings (SSSR count). The molecule has 1 unspecified atom stereocenters. The zero-order valence-corrected chi connectivity index (χ0v) is 16.4. The minimum absolute atomic E-state index is 0.358. The van der Waals surface area contributed by atoms with Gasteiger partial charge in [-0.05, 0) is 42.9 Å². The van der Waals surface area contributed by atoms with Crippen molar-refractivity contribution in [1.29, 1.82) is 0 Å². The van der Waals surface area contributed by atoms with Crippen LogP contribution >= 0.6 is 11.3 Å². The van der Waals surface area contributed by atoms with Crippen LogP contribution in [-0.4, -0.2) is 41.3 Å². The van der Waals surface area contributed by atoms with E-state index in [9.17, 15) is 5.11 Å². The van der Waals surface area contributed by atoms with Gasteiger partial charge in [0.1, 0.15) is 22.7 Å². The first kappa shape index (κ1) is 16.8. The Morgan fingerprint density at radius 1 is 1.07 bits per heavy atom. The summed E-state index contributed by atoms with van der Waals surface area (Å²) in [6, 6.07) is 7.60. The topological polar surface area (TPSA) is 52.5 Å². The third kappa shape index (κ3) is 2.92. The lowest BCUT2D eigenvalue weighted by Gasteiger charge is -2.37. The summed E-state index contributed by atoms with van der Waals surface area (Å²) in [4.78, 5) is 16.6. The molecule has 140 valence electrons. The molecular weight excluding hydrogens is 356 g/mol. The Kier molecular flexibility index (Phi) is 4.16. The number of aryl methyl sites for hydroxylation is 1. The largest absolute Gasteiger partial charge is 0.506 e. The highest BCUT2D eigenvalue weighted by atomic mass is 32.1. The minimum atomic E-state index is 0.358. The van der Waals surface area contributed by atoms with Crippen molar-refractivity contribution >= 4 is 33.1 Å². The number of rotatable bonds is 2. The van der Waals surface area contributed by atoms with E-state index in [0.717, 1.165) is 54.9 Å². The van der Waals surface area contributed by atoms with E-state index < -0.39 is 0 Å². The molecule has 1 aliphatic heterocycles. The van der Waals surface area contributed by atoms with Gasteiger partial charge in [-0.15, -0.1) is 11.3 Å². The summed E-state index contributed by atoms with van der Waals surface area (Å²) < 4.78 is 0. The Morgan fingerprint density at radius 3 is 2.67 bits per heavy atom. The predicted octanol–water partition coefficient (Wildman–Crippen LogP) is 3.85. The fraction of sp³-hybridized carbons (Fsp3) is 0.429. The number of thiophene rings is 1. The molecule has 1 aromatic carbocycles. The molecule has 6 heteroatoms. The quantitative estimate of drug-likeness (QED) is 0.732. The Bertz CT molecular complexity index is 977. The number of hydrogen-bond donors (Lipinski definition) is 1. The number of phenols is 1. The molecule has 27 heavy (non-hydrogen) atoms. The average molecular weight is 381 g/mol. The number of aromatic nitrogens is 2. The van der Waals surface area contributed by atoms with Crippen molar-refractivity contribution in [3.05, 3.63) is 41.0 Å². The number of phenolic OH excluding ortho intramolecular Hbond substituents is 1. The highest BCUT2D eigenvalue weighted by Gasteiger charge is 2.27. The maximum Gasteiger partial charge on any atom is 0.141 e. The maximum atomic E-state index is 10.1. The van der Waals surface area contributed by atoms with Crippen molar-refractivity contribution in [2.24, 2.45) is 5.92 Å². The zero-order chi connectivity index (χ0) is 18.4. The summed E-state index contributed by atoms with van der Waals surface area (Å²) in [6.07, 6.45) is 5.30. The standard InChI is InChI=1S/C21H24N4OS/c1-14-6-7-15-18(12-14)27-21-19(15)20(22-13-23-21)25-10-8-24(9-11-25)16-4-2-3-5-17(16)26/h2-5,13-14,26H,6-12H2,1H3. The van der Waals surface area contributed by atoms with Crippen LogP contribution < -0.4 is 9.80 Å². The van der Waals surface area contributed by atoms with Crippen molar-refractivity contribution in [1.82, 2.24) is 9.97 Å². The van der Waals surface area contributed by atoms with Gasteiger partial charge < -0.3 is 14.9 Å². The number of fused-ring (bicyclic) bond motifs is 3. The van der Waals surface area contributed by atoms with Gasteiger partial charge in [0.2, 0.25) is 0 Å². The Balaban J connectivity index is 1.43. The lowest BCUT2D eigenvalue weighted by Crippen LogP contribution is -2.47. The second-order valence-corrected chi connectivity index (χ2v) is 8.78.